The molecule has 0 fully saturated rings. The topological polar surface area (TPSA) is 52.0 Å². The predicted octanol–water partition coefficient (Wildman–Crippen LogP) is 1.09. The zero-order valence-corrected chi connectivity index (χ0v) is 10.3. The van der Waals surface area contributed by atoms with Crippen LogP contribution in [-0.2, 0) is 0 Å². The first-order chi connectivity index (χ1) is 7.66. The smallest absolute Gasteiger partial charge is 0.118 e. The molecule has 3 heteroatoms. The van der Waals surface area contributed by atoms with E-state index in [0.717, 1.165) is 11.4 Å². The van der Waals surface area contributed by atoms with E-state index in [9.17, 15) is 0 Å². The summed E-state index contributed by atoms with van der Waals surface area (Å²) in [7, 11) is -0.749. The lowest BCUT2D eigenvalue weighted by Crippen LogP contribution is -2.39. The van der Waals surface area contributed by atoms with Gasteiger partial charge in [0.05, 0.1) is 0 Å². The maximum atomic E-state index is 5.80. The first-order valence-electron chi connectivity index (χ1n) is 5.22. The van der Waals surface area contributed by atoms with Gasteiger partial charge in [-0.05, 0) is 24.3 Å². The largest absolute Gasteiger partial charge is 0.399 e. The van der Waals surface area contributed by atoms with E-state index in [1.165, 1.54) is 10.4 Å². The Hall–Kier alpha value is -1.74. The van der Waals surface area contributed by atoms with E-state index in [4.69, 9.17) is 11.5 Å². The molecule has 1 radical (unpaired) electrons. The number of anilines is 2. The molecule has 0 amide bonds. The summed E-state index contributed by atoms with van der Waals surface area (Å²) in [6.07, 6.45) is 0. The SMILES string of the molecule is C[Si](c1cccc(N)c1)c1cccc(N)c1. The van der Waals surface area contributed by atoms with E-state index in [1.54, 1.807) is 0 Å². The molecule has 81 valence electrons. The molecule has 2 aromatic rings. The minimum absolute atomic E-state index is 0.749. The molecule has 0 heterocycles. The Labute approximate surface area is 97.5 Å². The molecule has 0 atom stereocenters. The fourth-order valence-electron chi connectivity index (χ4n) is 1.71. The van der Waals surface area contributed by atoms with Crippen molar-refractivity contribution in [1.29, 1.82) is 0 Å². The van der Waals surface area contributed by atoms with Gasteiger partial charge in [-0.1, -0.05) is 41.2 Å². The van der Waals surface area contributed by atoms with Crippen LogP contribution in [0.2, 0.25) is 6.55 Å². The van der Waals surface area contributed by atoms with Crippen molar-refractivity contribution < 1.29 is 0 Å². The zero-order valence-electron chi connectivity index (χ0n) is 9.27. The van der Waals surface area contributed by atoms with Crippen LogP contribution < -0.4 is 21.8 Å². The quantitative estimate of drug-likeness (QED) is 0.596. The highest BCUT2D eigenvalue weighted by atomic mass is 28.3. The second kappa shape index (κ2) is 4.41. The number of hydrogen-bond donors (Lipinski definition) is 2. The summed E-state index contributed by atoms with van der Waals surface area (Å²) in [4.78, 5) is 0. The van der Waals surface area contributed by atoms with Gasteiger partial charge in [0.25, 0.3) is 0 Å². The third-order valence-electron chi connectivity index (χ3n) is 2.64. The number of nitrogens with two attached hydrogens (primary N) is 2. The van der Waals surface area contributed by atoms with Crippen LogP contribution in [0.3, 0.4) is 0 Å². The van der Waals surface area contributed by atoms with Gasteiger partial charge in [0.15, 0.2) is 0 Å². The Morgan fingerprint density at radius 2 is 1.25 bits per heavy atom. The standard InChI is InChI=1S/C13H15N2Si/c1-16(12-6-2-4-10(14)8-12)13-7-3-5-11(15)9-13/h2-9H,14-15H2,1H3. The van der Waals surface area contributed by atoms with Crippen molar-refractivity contribution >= 4 is 30.5 Å². The lowest BCUT2D eigenvalue weighted by atomic mass is 10.3. The van der Waals surface area contributed by atoms with Gasteiger partial charge < -0.3 is 11.5 Å². The van der Waals surface area contributed by atoms with Gasteiger partial charge in [0, 0.05) is 11.4 Å². The number of benzene rings is 2. The summed E-state index contributed by atoms with van der Waals surface area (Å²) in [5.41, 5.74) is 13.2. The zero-order chi connectivity index (χ0) is 11.5. The lowest BCUT2D eigenvalue weighted by Gasteiger charge is -2.11. The molecule has 2 aromatic carbocycles. The molecule has 16 heavy (non-hydrogen) atoms. The Kier molecular flexibility index (Phi) is 2.97. The van der Waals surface area contributed by atoms with Crippen LogP contribution in [0, 0.1) is 0 Å². The molecule has 0 saturated carbocycles. The molecule has 0 aromatic heterocycles. The Morgan fingerprint density at radius 3 is 1.62 bits per heavy atom. The van der Waals surface area contributed by atoms with Gasteiger partial charge in [0.1, 0.15) is 8.80 Å². The third-order valence-corrected chi connectivity index (χ3v) is 4.99. The molecule has 0 aliphatic heterocycles. The van der Waals surface area contributed by atoms with Gasteiger partial charge in [-0.25, -0.2) is 0 Å². The minimum Gasteiger partial charge on any atom is -0.399 e. The molecular formula is C13H15N2Si. The molecule has 4 N–H and O–H groups in total. The second-order valence-electron chi connectivity index (χ2n) is 3.88. The van der Waals surface area contributed by atoms with Crippen molar-refractivity contribution in [3.05, 3.63) is 48.5 Å². The van der Waals surface area contributed by atoms with E-state index in [-0.39, 0.29) is 0 Å². The van der Waals surface area contributed by atoms with Crippen LogP contribution in [0.1, 0.15) is 0 Å². The first kappa shape index (κ1) is 10.8. The average Bonchev–Trinajstić information content (AvgIpc) is 2.28. The van der Waals surface area contributed by atoms with E-state index >= 15 is 0 Å². The van der Waals surface area contributed by atoms with Gasteiger partial charge in [0.2, 0.25) is 0 Å². The van der Waals surface area contributed by atoms with Gasteiger partial charge in [-0.3, -0.25) is 0 Å². The van der Waals surface area contributed by atoms with Crippen LogP contribution in [0.4, 0.5) is 11.4 Å². The molecule has 0 aliphatic carbocycles. The maximum absolute atomic E-state index is 5.80. The highest BCUT2D eigenvalue weighted by molar-refractivity contribution is 6.84. The van der Waals surface area contributed by atoms with Crippen LogP contribution in [0.5, 0.6) is 0 Å². The monoisotopic (exact) mass is 227 g/mol. The predicted molar refractivity (Wildman–Crippen MR) is 72.6 cm³/mol. The number of rotatable bonds is 2. The van der Waals surface area contributed by atoms with Gasteiger partial charge in [-0.15, -0.1) is 0 Å². The normalized spacial score (nSPS) is 10.6. The Bertz CT molecular complexity index is 451. The van der Waals surface area contributed by atoms with E-state index < -0.39 is 8.80 Å². The van der Waals surface area contributed by atoms with Gasteiger partial charge >= 0.3 is 0 Å². The molecule has 2 rings (SSSR count). The number of hydrogen-bond acceptors (Lipinski definition) is 2. The summed E-state index contributed by atoms with van der Waals surface area (Å²) in [5, 5.41) is 2.63. The Balaban J connectivity index is 2.35. The summed E-state index contributed by atoms with van der Waals surface area (Å²) in [5.74, 6) is 0. The van der Waals surface area contributed by atoms with Gasteiger partial charge in [-0.2, -0.15) is 0 Å². The van der Waals surface area contributed by atoms with Crippen molar-refractivity contribution in [3.8, 4) is 0 Å². The molecule has 0 spiro atoms. The van der Waals surface area contributed by atoms with Crippen molar-refractivity contribution in [2.24, 2.45) is 0 Å². The molecule has 0 bridgehead atoms. The summed E-state index contributed by atoms with van der Waals surface area (Å²) >= 11 is 0. The summed E-state index contributed by atoms with van der Waals surface area (Å²) < 4.78 is 0. The first-order valence-corrected chi connectivity index (χ1v) is 7.22. The fourth-order valence-corrected chi connectivity index (χ4v) is 3.50. The van der Waals surface area contributed by atoms with E-state index in [1.807, 2.05) is 24.3 Å². The summed E-state index contributed by atoms with van der Waals surface area (Å²) in [6.45, 7) is 2.26. The highest BCUT2D eigenvalue weighted by Crippen LogP contribution is 2.01. The van der Waals surface area contributed by atoms with Crippen LogP contribution in [0.15, 0.2) is 48.5 Å². The molecule has 0 aliphatic rings. The summed E-state index contributed by atoms with van der Waals surface area (Å²) in [6, 6.07) is 16.2. The van der Waals surface area contributed by atoms with Crippen LogP contribution >= 0.6 is 0 Å². The average molecular weight is 227 g/mol. The van der Waals surface area contributed by atoms with Crippen molar-refractivity contribution in [2.45, 2.75) is 6.55 Å². The lowest BCUT2D eigenvalue weighted by molar-refractivity contribution is 1.69. The van der Waals surface area contributed by atoms with E-state index in [0.29, 0.717) is 0 Å². The molecule has 0 unspecified atom stereocenters. The molecular weight excluding hydrogens is 212 g/mol. The second-order valence-corrected chi connectivity index (χ2v) is 6.28. The highest BCUT2D eigenvalue weighted by Gasteiger charge is 2.10. The molecule has 2 nitrogen and oxygen atoms in total. The van der Waals surface area contributed by atoms with Crippen LogP contribution in [0.25, 0.3) is 0 Å². The maximum Gasteiger partial charge on any atom is 0.118 e. The number of nitrogen functional groups attached to an aromatic ring is 2. The third kappa shape index (κ3) is 2.25. The minimum atomic E-state index is -0.749. The van der Waals surface area contributed by atoms with Crippen molar-refractivity contribution in [3.63, 3.8) is 0 Å². The van der Waals surface area contributed by atoms with Crippen LogP contribution in [-0.4, -0.2) is 8.80 Å². The molecule has 0 saturated heterocycles. The fraction of sp³-hybridized carbons (Fsp3) is 0.0769. The van der Waals surface area contributed by atoms with Crippen molar-refractivity contribution in [1.82, 2.24) is 0 Å². The van der Waals surface area contributed by atoms with Crippen molar-refractivity contribution in [2.75, 3.05) is 11.5 Å². The van der Waals surface area contributed by atoms with E-state index in [2.05, 4.69) is 30.8 Å². The Morgan fingerprint density at radius 1 is 0.812 bits per heavy atom.